The molecule has 0 bridgehead atoms. The highest BCUT2D eigenvalue weighted by atomic mass is 16.5. The van der Waals surface area contributed by atoms with E-state index in [4.69, 9.17) is 9.47 Å². The summed E-state index contributed by atoms with van der Waals surface area (Å²) in [7, 11) is 3.18. The van der Waals surface area contributed by atoms with Crippen LogP contribution in [0.15, 0.2) is 12.1 Å². The summed E-state index contributed by atoms with van der Waals surface area (Å²) in [6.45, 7) is 1.87. The van der Waals surface area contributed by atoms with Crippen LogP contribution >= 0.6 is 0 Å². The number of carbonyl (C=O) groups is 1. The van der Waals surface area contributed by atoms with Gasteiger partial charge in [0.25, 0.3) is 0 Å². The van der Waals surface area contributed by atoms with Crippen molar-refractivity contribution in [3.05, 3.63) is 23.3 Å². The van der Waals surface area contributed by atoms with Gasteiger partial charge in [-0.05, 0) is 30.4 Å². The molecule has 1 aliphatic rings. The summed E-state index contributed by atoms with van der Waals surface area (Å²) >= 11 is 0. The van der Waals surface area contributed by atoms with E-state index >= 15 is 0 Å². The Kier molecular flexibility index (Phi) is 3.36. The summed E-state index contributed by atoms with van der Waals surface area (Å²) in [4.78, 5) is 12.1. The number of ketones is 1. The highest BCUT2D eigenvalue weighted by Gasteiger charge is 2.30. The number of hydrogen-bond donors (Lipinski definition) is 0. The molecule has 0 radical (unpaired) electrons. The van der Waals surface area contributed by atoms with E-state index in [9.17, 15) is 4.79 Å². The van der Waals surface area contributed by atoms with Crippen LogP contribution in [-0.2, 0) is 0 Å². The van der Waals surface area contributed by atoms with Gasteiger partial charge < -0.3 is 9.47 Å². The minimum absolute atomic E-state index is 0.127. The van der Waals surface area contributed by atoms with E-state index in [1.165, 1.54) is 12.8 Å². The van der Waals surface area contributed by atoms with Gasteiger partial charge in [-0.25, -0.2) is 0 Å². The van der Waals surface area contributed by atoms with Crippen molar-refractivity contribution in [1.29, 1.82) is 0 Å². The molecule has 17 heavy (non-hydrogen) atoms. The molecule has 1 aromatic rings. The van der Waals surface area contributed by atoms with E-state index in [0.29, 0.717) is 23.8 Å². The summed E-state index contributed by atoms with van der Waals surface area (Å²) in [5.74, 6) is 1.88. The number of rotatable bonds is 5. The second kappa shape index (κ2) is 4.78. The third kappa shape index (κ3) is 2.14. The van der Waals surface area contributed by atoms with E-state index in [-0.39, 0.29) is 5.78 Å². The van der Waals surface area contributed by atoms with E-state index < -0.39 is 0 Å². The summed E-state index contributed by atoms with van der Waals surface area (Å²) in [5, 5.41) is 0. The van der Waals surface area contributed by atoms with Gasteiger partial charge in [0, 0.05) is 6.42 Å². The van der Waals surface area contributed by atoms with Crippen molar-refractivity contribution in [3.63, 3.8) is 0 Å². The van der Waals surface area contributed by atoms with Crippen molar-refractivity contribution >= 4 is 5.78 Å². The maximum Gasteiger partial charge on any atom is 0.171 e. The molecule has 0 saturated heterocycles. The third-order valence-electron chi connectivity index (χ3n) is 3.19. The van der Waals surface area contributed by atoms with Gasteiger partial charge in [-0.2, -0.15) is 0 Å². The second-order valence-corrected chi connectivity index (χ2v) is 4.32. The first-order chi connectivity index (χ1) is 8.22. The molecule has 0 spiro atoms. The van der Waals surface area contributed by atoms with E-state index in [1.807, 2.05) is 19.1 Å². The number of hydrogen-bond acceptors (Lipinski definition) is 3. The van der Waals surface area contributed by atoms with Gasteiger partial charge in [-0.15, -0.1) is 0 Å². The zero-order valence-corrected chi connectivity index (χ0v) is 10.6. The minimum Gasteiger partial charge on any atom is -0.493 e. The smallest absolute Gasteiger partial charge is 0.171 e. The monoisotopic (exact) mass is 234 g/mol. The van der Waals surface area contributed by atoms with Crippen molar-refractivity contribution in [2.24, 2.45) is 0 Å². The van der Waals surface area contributed by atoms with E-state index in [0.717, 1.165) is 11.1 Å². The number of methoxy groups -OCH3 is 2. The van der Waals surface area contributed by atoms with Crippen LogP contribution in [-0.4, -0.2) is 20.0 Å². The standard InChI is InChI=1S/C14H18O3/c1-4-11(15)13-10(9-5-6-9)7-8-12(16-2)14(13)17-3/h7-9H,4-6H2,1-3H3. The first kappa shape index (κ1) is 12.0. The average molecular weight is 234 g/mol. The quantitative estimate of drug-likeness (QED) is 0.734. The molecular weight excluding hydrogens is 216 g/mol. The fraction of sp³-hybridized carbons (Fsp3) is 0.500. The van der Waals surface area contributed by atoms with E-state index in [2.05, 4.69) is 0 Å². The van der Waals surface area contributed by atoms with Gasteiger partial charge in [0.2, 0.25) is 0 Å². The van der Waals surface area contributed by atoms with Crippen LogP contribution < -0.4 is 9.47 Å². The van der Waals surface area contributed by atoms with Crippen LogP contribution in [0.5, 0.6) is 11.5 Å². The highest BCUT2D eigenvalue weighted by Crippen LogP contribution is 2.46. The van der Waals surface area contributed by atoms with Crippen molar-refractivity contribution in [3.8, 4) is 11.5 Å². The topological polar surface area (TPSA) is 35.5 Å². The van der Waals surface area contributed by atoms with Crippen molar-refractivity contribution in [2.75, 3.05) is 14.2 Å². The minimum atomic E-state index is 0.127. The van der Waals surface area contributed by atoms with Gasteiger partial charge in [-0.3, -0.25) is 4.79 Å². The molecule has 0 unspecified atom stereocenters. The SMILES string of the molecule is CCC(=O)c1c(C2CC2)ccc(OC)c1OC. The Morgan fingerprint density at radius 2 is 2.00 bits per heavy atom. The molecule has 1 fully saturated rings. The zero-order chi connectivity index (χ0) is 12.4. The maximum atomic E-state index is 12.1. The number of Topliss-reactive ketones (excluding diaryl/α,β-unsaturated/α-hetero) is 1. The van der Waals surface area contributed by atoms with Crippen molar-refractivity contribution in [1.82, 2.24) is 0 Å². The molecule has 1 aromatic carbocycles. The molecule has 2 rings (SSSR count). The molecule has 0 aliphatic heterocycles. The van der Waals surface area contributed by atoms with Crippen molar-refractivity contribution in [2.45, 2.75) is 32.1 Å². The van der Waals surface area contributed by atoms with Gasteiger partial charge in [0.15, 0.2) is 17.3 Å². The average Bonchev–Trinajstić information content (AvgIpc) is 3.20. The first-order valence-corrected chi connectivity index (χ1v) is 6.01. The van der Waals surface area contributed by atoms with Gasteiger partial charge in [0.1, 0.15) is 0 Å². The molecule has 3 nitrogen and oxygen atoms in total. The van der Waals surface area contributed by atoms with Crippen LogP contribution in [0, 0.1) is 0 Å². The second-order valence-electron chi connectivity index (χ2n) is 4.32. The Labute approximate surface area is 102 Å². The Morgan fingerprint density at radius 1 is 1.29 bits per heavy atom. The molecule has 1 aliphatic carbocycles. The molecule has 0 atom stereocenters. The van der Waals surface area contributed by atoms with Crippen LogP contribution in [0.2, 0.25) is 0 Å². The number of benzene rings is 1. The van der Waals surface area contributed by atoms with E-state index in [1.54, 1.807) is 14.2 Å². The van der Waals surface area contributed by atoms with Gasteiger partial charge in [-0.1, -0.05) is 13.0 Å². The summed E-state index contributed by atoms with van der Waals surface area (Å²) in [6.07, 6.45) is 2.82. The fourth-order valence-corrected chi connectivity index (χ4v) is 2.14. The lowest BCUT2D eigenvalue weighted by atomic mass is 9.97. The summed E-state index contributed by atoms with van der Waals surface area (Å²) < 4.78 is 10.6. The molecule has 1 saturated carbocycles. The molecule has 0 heterocycles. The van der Waals surface area contributed by atoms with Crippen LogP contribution in [0.25, 0.3) is 0 Å². The highest BCUT2D eigenvalue weighted by molar-refractivity contribution is 6.01. The summed E-state index contributed by atoms with van der Waals surface area (Å²) in [5.41, 5.74) is 1.84. The summed E-state index contributed by atoms with van der Waals surface area (Å²) in [6, 6.07) is 3.89. The van der Waals surface area contributed by atoms with Crippen LogP contribution in [0.4, 0.5) is 0 Å². The van der Waals surface area contributed by atoms with Crippen LogP contribution in [0.3, 0.4) is 0 Å². The van der Waals surface area contributed by atoms with Gasteiger partial charge in [0.05, 0.1) is 19.8 Å². The Morgan fingerprint density at radius 3 is 2.47 bits per heavy atom. The lowest BCUT2D eigenvalue weighted by molar-refractivity contribution is 0.0983. The van der Waals surface area contributed by atoms with Crippen molar-refractivity contribution < 1.29 is 14.3 Å². The Hall–Kier alpha value is -1.51. The normalized spacial score (nSPS) is 14.5. The lowest BCUT2D eigenvalue weighted by Crippen LogP contribution is -2.06. The predicted molar refractivity (Wildman–Crippen MR) is 66.1 cm³/mol. The largest absolute Gasteiger partial charge is 0.493 e. The molecule has 0 amide bonds. The first-order valence-electron chi connectivity index (χ1n) is 6.01. The zero-order valence-electron chi connectivity index (χ0n) is 10.6. The third-order valence-corrected chi connectivity index (χ3v) is 3.19. The van der Waals surface area contributed by atoms with Crippen LogP contribution in [0.1, 0.15) is 48.0 Å². The number of carbonyl (C=O) groups excluding carboxylic acids is 1. The molecule has 3 heteroatoms. The molecular formula is C14H18O3. The fourth-order valence-electron chi connectivity index (χ4n) is 2.14. The molecule has 0 aromatic heterocycles. The number of ether oxygens (including phenoxy) is 2. The Bertz CT molecular complexity index is 433. The predicted octanol–water partition coefficient (Wildman–Crippen LogP) is 3.17. The van der Waals surface area contributed by atoms with Gasteiger partial charge >= 0.3 is 0 Å². The Balaban J connectivity index is 2.57. The maximum absolute atomic E-state index is 12.1. The molecule has 92 valence electrons. The lowest BCUT2D eigenvalue weighted by Gasteiger charge is -2.15. The molecule has 0 N–H and O–H groups in total.